The molecule has 1 aromatic carbocycles. The third kappa shape index (κ3) is 5.11. The van der Waals surface area contributed by atoms with Crippen LogP contribution in [0.4, 0.5) is 0 Å². The predicted molar refractivity (Wildman–Crippen MR) is 66.2 cm³/mol. The average molecular weight is 222 g/mol. The van der Waals surface area contributed by atoms with Crippen molar-refractivity contribution in [3.63, 3.8) is 0 Å². The standard InChI is InChI=1S/C12H20NOSi/c1-14-10-13(11-15(2)3)9-12-7-5-4-6-8-12/h4-8H,9-11H2,1-3H3/q-1. The predicted octanol–water partition coefficient (Wildman–Crippen LogP) is 2.39. The summed E-state index contributed by atoms with van der Waals surface area (Å²) in [7, 11) is 1.53. The van der Waals surface area contributed by atoms with Gasteiger partial charge in [0, 0.05) is 13.7 Å². The van der Waals surface area contributed by atoms with Gasteiger partial charge in [-0.25, -0.2) is 8.80 Å². The smallest absolute Gasteiger partial charge is 0.0962 e. The minimum absolute atomic E-state index is 0.228. The molecule has 0 radical (unpaired) electrons. The molecule has 0 fully saturated rings. The first kappa shape index (κ1) is 12.4. The lowest BCUT2D eigenvalue weighted by Crippen LogP contribution is -2.33. The third-order valence-electron chi connectivity index (χ3n) is 2.10. The molecule has 0 aliphatic heterocycles. The van der Waals surface area contributed by atoms with Crippen LogP contribution in [0.3, 0.4) is 0 Å². The van der Waals surface area contributed by atoms with Gasteiger partial charge in [-0.3, -0.25) is 0 Å². The SMILES string of the molecule is COCN(Cc1ccccc1)C[Si-](C)C. The molecule has 0 aromatic heterocycles. The fourth-order valence-electron chi connectivity index (χ4n) is 1.62. The van der Waals surface area contributed by atoms with E-state index in [1.54, 1.807) is 7.11 Å². The molecule has 0 spiro atoms. The minimum atomic E-state index is -0.228. The van der Waals surface area contributed by atoms with E-state index in [1.165, 1.54) is 11.7 Å². The maximum atomic E-state index is 5.22. The summed E-state index contributed by atoms with van der Waals surface area (Å²) in [5.41, 5.74) is 1.36. The van der Waals surface area contributed by atoms with E-state index in [-0.39, 0.29) is 8.80 Å². The van der Waals surface area contributed by atoms with E-state index in [4.69, 9.17) is 4.74 Å². The van der Waals surface area contributed by atoms with Crippen LogP contribution < -0.4 is 0 Å². The van der Waals surface area contributed by atoms with E-state index >= 15 is 0 Å². The van der Waals surface area contributed by atoms with Crippen molar-refractivity contribution in [3.8, 4) is 0 Å². The number of methoxy groups -OCH3 is 1. The molecule has 0 bridgehead atoms. The van der Waals surface area contributed by atoms with Gasteiger partial charge in [-0.2, -0.15) is 13.1 Å². The van der Waals surface area contributed by atoms with E-state index in [9.17, 15) is 0 Å². The topological polar surface area (TPSA) is 12.5 Å². The van der Waals surface area contributed by atoms with Gasteiger partial charge in [0.25, 0.3) is 0 Å². The quantitative estimate of drug-likeness (QED) is 0.541. The highest BCUT2D eigenvalue weighted by molar-refractivity contribution is 6.55. The summed E-state index contributed by atoms with van der Waals surface area (Å²) in [6.45, 7) is 6.38. The summed E-state index contributed by atoms with van der Waals surface area (Å²) >= 11 is 0. The van der Waals surface area contributed by atoms with Crippen LogP contribution >= 0.6 is 0 Å². The van der Waals surface area contributed by atoms with Crippen LogP contribution in [0.5, 0.6) is 0 Å². The Morgan fingerprint density at radius 1 is 1.20 bits per heavy atom. The molecule has 3 heteroatoms. The van der Waals surface area contributed by atoms with Crippen LogP contribution in [-0.2, 0) is 11.3 Å². The largest absolute Gasteiger partial charge is 0.369 e. The Morgan fingerprint density at radius 2 is 1.87 bits per heavy atom. The molecule has 0 saturated heterocycles. The lowest BCUT2D eigenvalue weighted by molar-refractivity contribution is 0.0703. The van der Waals surface area contributed by atoms with E-state index in [1.807, 2.05) is 0 Å². The highest BCUT2D eigenvalue weighted by atomic mass is 28.3. The van der Waals surface area contributed by atoms with Crippen molar-refractivity contribution in [2.24, 2.45) is 0 Å². The zero-order valence-electron chi connectivity index (χ0n) is 9.86. The molecule has 0 aliphatic rings. The summed E-state index contributed by atoms with van der Waals surface area (Å²) in [4.78, 5) is 2.36. The lowest BCUT2D eigenvalue weighted by Gasteiger charge is -2.29. The molecule has 84 valence electrons. The first-order valence-corrected chi connectivity index (χ1v) is 7.97. The van der Waals surface area contributed by atoms with Gasteiger partial charge < -0.3 is 9.64 Å². The lowest BCUT2D eigenvalue weighted by atomic mass is 10.2. The second kappa shape index (κ2) is 6.77. The van der Waals surface area contributed by atoms with Crippen molar-refractivity contribution in [2.75, 3.05) is 20.0 Å². The number of hydrogen-bond acceptors (Lipinski definition) is 2. The third-order valence-corrected chi connectivity index (χ3v) is 3.18. The van der Waals surface area contributed by atoms with Crippen LogP contribution in [0, 0.1) is 0 Å². The zero-order chi connectivity index (χ0) is 11.1. The zero-order valence-corrected chi connectivity index (χ0v) is 10.9. The van der Waals surface area contributed by atoms with Crippen molar-refractivity contribution in [1.29, 1.82) is 0 Å². The molecule has 0 saturated carbocycles. The molecule has 0 heterocycles. The normalized spacial score (nSPS) is 11.3. The highest BCUT2D eigenvalue weighted by Gasteiger charge is 2.01. The van der Waals surface area contributed by atoms with Gasteiger partial charge >= 0.3 is 0 Å². The Bertz CT molecular complexity index is 264. The second-order valence-electron chi connectivity index (χ2n) is 4.10. The molecule has 15 heavy (non-hydrogen) atoms. The summed E-state index contributed by atoms with van der Waals surface area (Å²) in [5, 5.41) is 0. The Kier molecular flexibility index (Phi) is 5.61. The van der Waals surface area contributed by atoms with Crippen LogP contribution in [0.1, 0.15) is 5.56 Å². The Labute approximate surface area is 94.5 Å². The van der Waals surface area contributed by atoms with Crippen molar-refractivity contribution in [3.05, 3.63) is 35.9 Å². The molecular formula is C12H20NOSi-. The number of hydrogen-bond donors (Lipinski definition) is 0. The van der Waals surface area contributed by atoms with Gasteiger partial charge in [0.2, 0.25) is 0 Å². The first-order chi connectivity index (χ1) is 7.22. The summed E-state index contributed by atoms with van der Waals surface area (Å²) in [6, 6.07) is 10.6. The maximum absolute atomic E-state index is 5.22. The molecule has 0 aliphatic carbocycles. The average Bonchev–Trinajstić information content (AvgIpc) is 2.18. The van der Waals surface area contributed by atoms with Gasteiger partial charge in [-0.05, 0) is 5.56 Å². The van der Waals surface area contributed by atoms with Gasteiger partial charge in [-0.1, -0.05) is 30.3 Å². The van der Waals surface area contributed by atoms with Crippen molar-refractivity contribution < 1.29 is 4.74 Å². The number of nitrogens with zero attached hydrogens (tertiary/aromatic N) is 1. The summed E-state index contributed by atoms with van der Waals surface area (Å²) in [6.07, 6.45) is 1.17. The van der Waals surface area contributed by atoms with Crippen molar-refractivity contribution >= 4 is 8.80 Å². The van der Waals surface area contributed by atoms with Crippen molar-refractivity contribution in [1.82, 2.24) is 4.90 Å². The Morgan fingerprint density at radius 3 is 2.40 bits per heavy atom. The van der Waals surface area contributed by atoms with Gasteiger partial charge in [-0.15, -0.1) is 6.17 Å². The Balaban J connectivity index is 2.50. The monoisotopic (exact) mass is 222 g/mol. The van der Waals surface area contributed by atoms with Gasteiger partial charge in [0.1, 0.15) is 0 Å². The fourth-order valence-corrected chi connectivity index (χ4v) is 2.72. The summed E-state index contributed by atoms with van der Waals surface area (Å²) < 4.78 is 5.22. The van der Waals surface area contributed by atoms with Crippen LogP contribution in [0.15, 0.2) is 30.3 Å². The van der Waals surface area contributed by atoms with Crippen molar-refractivity contribution in [2.45, 2.75) is 19.6 Å². The highest BCUT2D eigenvalue weighted by Crippen LogP contribution is 2.04. The first-order valence-electron chi connectivity index (χ1n) is 5.26. The Hall–Kier alpha value is -0.643. The molecular weight excluding hydrogens is 202 g/mol. The molecule has 1 aromatic rings. The molecule has 0 unspecified atom stereocenters. The van der Waals surface area contributed by atoms with Gasteiger partial charge in [0.05, 0.1) is 6.73 Å². The molecule has 0 amide bonds. The molecule has 0 atom stereocenters. The number of rotatable bonds is 6. The van der Waals surface area contributed by atoms with Crippen LogP contribution in [0.2, 0.25) is 13.1 Å². The van der Waals surface area contributed by atoms with E-state index in [0.717, 1.165) is 13.3 Å². The molecule has 0 N–H and O–H groups in total. The molecule has 1 rings (SSSR count). The second-order valence-corrected chi connectivity index (χ2v) is 6.83. The van der Waals surface area contributed by atoms with E-state index < -0.39 is 0 Å². The van der Waals surface area contributed by atoms with Crippen LogP contribution in [-0.4, -0.2) is 33.7 Å². The van der Waals surface area contributed by atoms with E-state index in [0.29, 0.717) is 0 Å². The van der Waals surface area contributed by atoms with Gasteiger partial charge in [0.15, 0.2) is 0 Å². The molecule has 2 nitrogen and oxygen atoms in total. The summed E-state index contributed by atoms with van der Waals surface area (Å²) in [5.74, 6) is 0. The van der Waals surface area contributed by atoms with Crippen LogP contribution in [0.25, 0.3) is 0 Å². The number of ether oxygens (including phenoxy) is 1. The minimum Gasteiger partial charge on any atom is -0.369 e. The van der Waals surface area contributed by atoms with E-state index in [2.05, 4.69) is 48.3 Å². The number of benzene rings is 1. The fraction of sp³-hybridized carbons (Fsp3) is 0.500. The maximum Gasteiger partial charge on any atom is 0.0962 e.